The fraction of sp³-hybridized carbons (Fsp3) is 1.00. The van der Waals surface area contributed by atoms with Gasteiger partial charge in [-0.3, -0.25) is 0 Å². The van der Waals surface area contributed by atoms with Crippen LogP contribution in [0.25, 0.3) is 0 Å². The van der Waals surface area contributed by atoms with Gasteiger partial charge < -0.3 is 53.1 Å². The molecule has 0 aliphatic carbocycles. The minimum atomic E-state index is -3.18. The van der Waals surface area contributed by atoms with Crippen LogP contribution in [0.2, 0.25) is 10.3 Å². The Bertz CT molecular complexity index is 675. The lowest BCUT2D eigenvalue weighted by molar-refractivity contribution is 0.0295. The van der Waals surface area contributed by atoms with E-state index in [1.54, 1.807) is 0 Å². The molecular weight excluding hydrogens is 801 g/mol. The molecule has 0 saturated carbocycles. The van der Waals surface area contributed by atoms with Crippen LogP contribution in [0.3, 0.4) is 0 Å². The first-order valence-electron chi connectivity index (χ1n) is 21.1. The zero-order chi connectivity index (χ0) is 40.6. The fourth-order valence-electron chi connectivity index (χ4n) is 6.75. The number of rotatable bonds is 41. The quantitative estimate of drug-likeness (QED) is 0.0330. The molecule has 0 aliphatic rings. The third-order valence-electron chi connectivity index (χ3n) is 8.38. The van der Waals surface area contributed by atoms with E-state index >= 15 is 0 Å². The highest BCUT2D eigenvalue weighted by Gasteiger charge is 2.66. The van der Waals surface area contributed by atoms with Crippen LogP contribution in [0.4, 0.5) is 0 Å². The van der Waals surface area contributed by atoms with Gasteiger partial charge in [0.1, 0.15) is 0 Å². The molecule has 0 unspecified atom stereocenters. The molecular formula is C36H82O12S2Si4. The minimum absolute atomic E-state index is 0.182. The van der Waals surface area contributed by atoms with E-state index in [4.69, 9.17) is 53.1 Å². The summed E-state index contributed by atoms with van der Waals surface area (Å²) >= 11 is 0. The molecule has 0 radical (unpaired) electrons. The molecule has 0 fully saturated rings. The first-order chi connectivity index (χ1) is 26.2. The molecule has 0 aliphatic heterocycles. The summed E-state index contributed by atoms with van der Waals surface area (Å²) in [6, 6.07) is 0. The molecule has 54 heavy (non-hydrogen) atoms. The molecule has 0 heterocycles. The van der Waals surface area contributed by atoms with Gasteiger partial charge >= 0.3 is 35.2 Å². The van der Waals surface area contributed by atoms with E-state index in [1.165, 1.54) is 0 Å². The minimum Gasteiger partial charge on any atom is -0.374 e. The molecule has 0 aromatic rings. The van der Waals surface area contributed by atoms with Crippen molar-refractivity contribution >= 4 is 56.8 Å². The average molecular weight is 884 g/mol. The highest BCUT2D eigenvalue weighted by atomic mass is 33.1. The van der Waals surface area contributed by atoms with Crippen LogP contribution in [-0.2, 0) is 53.1 Å². The predicted octanol–water partition coefficient (Wildman–Crippen LogP) is 9.50. The fourth-order valence-corrected chi connectivity index (χ4v) is 26.0. The van der Waals surface area contributed by atoms with Crippen LogP contribution in [0.5, 0.6) is 0 Å². The molecule has 0 bridgehead atoms. The van der Waals surface area contributed by atoms with Crippen LogP contribution in [0.1, 0.15) is 134 Å². The maximum absolute atomic E-state index is 6.43. The van der Waals surface area contributed by atoms with Gasteiger partial charge in [-0.15, -0.1) is 0 Å². The zero-order valence-electron chi connectivity index (χ0n) is 36.4. The number of hydrogen-bond donors (Lipinski definition) is 0. The standard InChI is InChI=1S/C36H82O12S2Si4/c1-13-37-51(38-14-2,39-15-3)35(52(40-16-4,41-17-5)42-18-6)31-27-25-29-33-49-50-34-30-26-28-32-36(53(43-19-7,44-20-8)45-21-9)54(46-22-10,47-23-11)48-24-12/h35-36H,13-34H2,1-12H3. The molecule has 0 aromatic carbocycles. The van der Waals surface area contributed by atoms with Gasteiger partial charge in [-0.25, -0.2) is 0 Å². The van der Waals surface area contributed by atoms with Crippen molar-refractivity contribution in [3.8, 4) is 0 Å². The molecule has 0 amide bonds. The lowest BCUT2D eigenvalue weighted by atomic mass is 10.2. The molecule has 0 saturated heterocycles. The first-order valence-corrected chi connectivity index (χ1v) is 30.8. The molecule has 0 atom stereocenters. The Hall–Kier alpha value is 1.09. The Morgan fingerprint density at radius 1 is 0.278 bits per heavy atom. The summed E-state index contributed by atoms with van der Waals surface area (Å²) in [6.45, 7) is 29.9. The average Bonchev–Trinajstić information content (AvgIpc) is 3.13. The molecule has 326 valence electrons. The third kappa shape index (κ3) is 18.6. The van der Waals surface area contributed by atoms with Gasteiger partial charge in [0, 0.05) is 90.8 Å². The SMILES string of the molecule is CCO[Si](OCC)(OCC)C(CCCCCSSCCCCCC([Si](OCC)(OCC)OCC)[Si](OCC)(OCC)OCC)[Si](OCC)(OCC)OCC. The van der Waals surface area contributed by atoms with Gasteiger partial charge in [0.05, 0.1) is 10.3 Å². The second-order valence-electron chi connectivity index (χ2n) is 12.1. The Morgan fingerprint density at radius 3 is 0.630 bits per heavy atom. The van der Waals surface area contributed by atoms with Crippen LogP contribution in [-0.4, -0.2) is 126 Å². The highest BCUT2D eigenvalue weighted by molar-refractivity contribution is 8.76. The Kier molecular flexibility index (Phi) is 34.6. The Labute approximate surface area is 344 Å². The van der Waals surface area contributed by atoms with E-state index in [2.05, 4.69) is 0 Å². The largest absolute Gasteiger partial charge is 0.508 e. The lowest BCUT2D eigenvalue weighted by Crippen LogP contribution is -2.64. The third-order valence-corrected chi connectivity index (χ3v) is 28.1. The lowest BCUT2D eigenvalue weighted by Gasteiger charge is -2.42. The van der Waals surface area contributed by atoms with Crippen molar-refractivity contribution in [2.45, 2.75) is 145 Å². The summed E-state index contributed by atoms with van der Waals surface area (Å²) in [4.78, 5) is 0. The van der Waals surface area contributed by atoms with Crippen LogP contribution in [0.15, 0.2) is 0 Å². The monoisotopic (exact) mass is 882 g/mol. The van der Waals surface area contributed by atoms with Crippen molar-refractivity contribution in [2.75, 3.05) is 90.8 Å². The molecule has 18 heteroatoms. The second kappa shape index (κ2) is 33.9. The summed E-state index contributed by atoms with van der Waals surface area (Å²) < 4.78 is 77.1. The Morgan fingerprint density at radius 2 is 0.463 bits per heavy atom. The predicted molar refractivity (Wildman–Crippen MR) is 232 cm³/mol. The summed E-state index contributed by atoms with van der Waals surface area (Å²) in [7, 11) is -8.81. The maximum atomic E-state index is 6.43. The van der Waals surface area contributed by atoms with E-state index in [0.29, 0.717) is 79.3 Å². The van der Waals surface area contributed by atoms with E-state index < -0.39 is 35.2 Å². The normalized spacial score (nSPS) is 13.2. The van der Waals surface area contributed by atoms with Crippen molar-refractivity contribution in [1.82, 2.24) is 0 Å². The van der Waals surface area contributed by atoms with Crippen molar-refractivity contribution in [3.63, 3.8) is 0 Å². The van der Waals surface area contributed by atoms with E-state index in [9.17, 15) is 0 Å². The van der Waals surface area contributed by atoms with E-state index in [0.717, 1.165) is 62.9 Å². The summed E-state index contributed by atoms with van der Waals surface area (Å²) in [5.41, 5.74) is 0. The zero-order valence-corrected chi connectivity index (χ0v) is 42.1. The van der Waals surface area contributed by atoms with Crippen molar-refractivity contribution in [3.05, 3.63) is 0 Å². The highest BCUT2D eigenvalue weighted by Crippen LogP contribution is 2.43. The van der Waals surface area contributed by atoms with Crippen LogP contribution in [0, 0.1) is 0 Å². The van der Waals surface area contributed by atoms with Gasteiger partial charge in [0.25, 0.3) is 0 Å². The van der Waals surface area contributed by atoms with Gasteiger partial charge in [-0.05, 0) is 109 Å². The van der Waals surface area contributed by atoms with Gasteiger partial charge in [0.2, 0.25) is 0 Å². The first kappa shape index (κ1) is 55.1. The molecule has 0 N–H and O–H groups in total. The summed E-state index contributed by atoms with van der Waals surface area (Å²) in [5.74, 6) is 2.20. The number of hydrogen-bond acceptors (Lipinski definition) is 14. The van der Waals surface area contributed by atoms with Gasteiger partial charge in [-0.2, -0.15) is 0 Å². The maximum Gasteiger partial charge on any atom is 0.508 e. The number of unbranched alkanes of at least 4 members (excludes halogenated alkanes) is 4. The van der Waals surface area contributed by atoms with Crippen molar-refractivity contribution < 1.29 is 53.1 Å². The van der Waals surface area contributed by atoms with Crippen LogP contribution < -0.4 is 0 Å². The van der Waals surface area contributed by atoms with Crippen LogP contribution >= 0.6 is 21.6 Å². The summed E-state index contributed by atoms with van der Waals surface area (Å²) in [6.07, 6.45) is 8.05. The molecule has 0 aromatic heterocycles. The van der Waals surface area contributed by atoms with E-state index in [1.807, 2.05) is 105 Å². The van der Waals surface area contributed by atoms with Gasteiger partial charge in [-0.1, -0.05) is 47.3 Å². The molecule has 0 rings (SSSR count). The Balaban J connectivity index is 5.39. The molecule has 0 spiro atoms. The smallest absolute Gasteiger partial charge is 0.374 e. The van der Waals surface area contributed by atoms with Crippen molar-refractivity contribution in [1.29, 1.82) is 0 Å². The summed E-state index contributed by atoms with van der Waals surface area (Å²) in [5, 5.41) is -0.364. The van der Waals surface area contributed by atoms with Crippen molar-refractivity contribution in [2.24, 2.45) is 0 Å². The second-order valence-corrected chi connectivity index (χ2v) is 27.0. The topological polar surface area (TPSA) is 111 Å². The van der Waals surface area contributed by atoms with Gasteiger partial charge in [0.15, 0.2) is 0 Å². The van der Waals surface area contributed by atoms with E-state index in [-0.39, 0.29) is 10.3 Å². The molecule has 12 nitrogen and oxygen atoms in total.